The van der Waals surface area contributed by atoms with Gasteiger partial charge in [0.15, 0.2) is 0 Å². The van der Waals surface area contributed by atoms with Crippen LogP contribution in [0.3, 0.4) is 0 Å². The second-order valence-electron chi connectivity index (χ2n) is 5.72. The molecule has 0 saturated carbocycles. The fourth-order valence-electron chi connectivity index (χ4n) is 2.03. The predicted octanol–water partition coefficient (Wildman–Crippen LogP) is 1.78. The van der Waals surface area contributed by atoms with Crippen LogP contribution in [-0.2, 0) is 12.8 Å². The molecule has 0 saturated heterocycles. The Labute approximate surface area is 118 Å². The molecule has 0 aliphatic rings. The van der Waals surface area contributed by atoms with Crippen molar-refractivity contribution in [2.45, 2.75) is 40.5 Å². The minimum atomic E-state index is -0.347. The molecule has 2 aromatic rings. The summed E-state index contributed by atoms with van der Waals surface area (Å²) in [5.41, 5.74) is 1.76. The molecule has 0 aliphatic carbocycles. The normalized spacial score (nSPS) is 11.5. The summed E-state index contributed by atoms with van der Waals surface area (Å²) in [6.45, 7) is 8.46. The highest BCUT2D eigenvalue weighted by Gasteiger charge is 2.21. The third kappa shape index (κ3) is 3.09. The van der Waals surface area contributed by atoms with E-state index >= 15 is 0 Å². The molecule has 0 spiro atoms. The van der Waals surface area contributed by atoms with E-state index in [4.69, 9.17) is 0 Å². The van der Waals surface area contributed by atoms with E-state index in [-0.39, 0.29) is 6.03 Å². The van der Waals surface area contributed by atoms with Gasteiger partial charge < -0.3 is 0 Å². The SMILES string of the molecule is CC(C)Cc1nnn(C(=O)n2ccnn2)c1CC(C)C. The second kappa shape index (κ2) is 5.94. The van der Waals surface area contributed by atoms with Gasteiger partial charge in [-0.2, -0.15) is 9.36 Å². The van der Waals surface area contributed by atoms with Crippen molar-refractivity contribution >= 4 is 6.03 Å². The first-order valence-electron chi connectivity index (χ1n) is 6.83. The molecule has 0 aliphatic heterocycles. The first-order valence-corrected chi connectivity index (χ1v) is 6.83. The average Bonchev–Trinajstić information content (AvgIpc) is 2.98. The topological polar surface area (TPSA) is 78.5 Å². The summed E-state index contributed by atoms with van der Waals surface area (Å²) >= 11 is 0. The van der Waals surface area contributed by atoms with Crippen molar-refractivity contribution in [2.24, 2.45) is 11.8 Å². The Hall–Kier alpha value is -2.05. The zero-order valence-electron chi connectivity index (χ0n) is 12.3. The van der Waals surface area contributed by atoms with Crippen LogP contribution in [0.1, 0.15) is 39.1 Å². The third-order valence-electron chi connectivity index (χ3n) is 2.85. The number of aromatic nitrogens is 6. The van der Waals surface area contributed by atoms with Crippen molar-refractivity contribution in [1.29, 1.82) is 0 Å². The smallest absolute Gasteiger partial charge is 0.243 e. The lowest BCUT2D eigenvalue weighted by Crippen LogP contribution is -2.24. The average molecular weight is 276 g/mol. The lowest BCUT2D eigenvalue weighted by molar-refractivity contribution is 0.236. The number of hydrogen-bond donors (Lipinski definition) is 0. The molecule has 2 aromatic heterocycles. The maximum atomic E-state index is 12.3. The third-order valence-corrected chi connectivity index (χ3v) is 2.85. The van der Waals surface area contributed by atoms with Crippen LogP contribution in [0, 0.1) is 11.8 Å². The molecule has 0 bridgehead atoms. The van der Waals surface area contributed by atoms with E-state index in [0.29, 0.717) is 11.8 Å². The van der Waals surface area contributed by atoms with Gasteiger partial charge in [-0.1, -0.05) is 38.1 Å². The number of carbonyl (C=O) groups is 1. The lowest BCUT2D eigenvalue weighted by atomic mass is 10.0. The summed E-state index contributed by atoms with van der Waals surface area (Å²) in [4.78, 5) is 12.3. The van der Waals surface area contributed by atoms with Crippen LogP contribution < -0.4 is 0 Å². The first kappa shape index (κ1) is 14.4. The van der Waals surface area contributed by atoms with E-state index in [9.17, 15) is 4.79 Å². The van der Waals surface area contributed by atoms with Gasteiger partial charge in [-0.05, 0) is 24.7 Å². The molecular weight excluding hydrogens is 256 g/mol. The minimum absolute atomic E-state index is 0.347. The van der Waals surface area contributed by atoms with Gasteiger partial charge in [0.1, 0.15) is 0 Å². The molecule has 0 radical (unpaired) electrons. The maximum Gasteiger partial charge on any atom is 0.372 e. The summed E-state index contributed by atoms with van der Waals surface area (Å²) in [7, 11) is 0. The molecule has 0 atom stereocenters. The highest BCUT2D eigenvalue weighted by atomic mass is 16.2. The zero-order chi connectivity index (χ0) is 14.7. The van der Waals surface area contributed by atoms with Gasteiger partial charge in [-0.15, -0.1) is 10.2 Å². The van der Waals surface area contributed by atoms with Gasteiger partial charge in [-0.3, -0.25) is 0 Å². The Morgan fingerprint density at radius 3 is 2.40 bits per heavy atom. The van der Waals surface area contributed by atoms with Crippen molar-refractivity contribution in [3.05, 3.63) is 23.8 Å². The van der Waals surface area contributed by atoms with E-state index in [1.54, 1.807) is 0 Å². The van der Waals surface area contributed by atoms with Crippen molar-refractivity contribution in [3.63, 3.8) is 0 Å². The summed E-state index contributed by atoms with van der Waals surface area (Å²) in [6, 6.07) is -0.347. The molecule has 108 valence electrons. The molecule has 7 nitrogen and oxygen atoms in total. The van der Waals surface area contributed by atoms with Gasteiger partial charge >= 0.3 is 6.03 Å². The van der Waals surface area contributed by atoms with E-state index < -0.39 is 0 Å². The van der Waals surface area contributed by atoms with Crippen LogP contribution in [0.15, 0.2) is 12.4 Å². The van der Waals surface area contributed by atoms with Crippen molar-refractivity contribution in [1.82, 2.24) is 30.0 Å². The number of nitrogens with zero attached hydrogens (tertiary/aromatic N) is 6. The molecule has 0 N–H and O–H groups in total. The van der Waals surface area contributed by atoms with Gasteiger partial charge in [0, 0.05) is 0 Å². The van der Waals surface area contributed by atoms with Crippen molar-refractivity contribution in [2.75, 3.05) is 0 Å². The standard InChI is InChI=1S/C13H20N6O/c1-9(2)7-11-12(8-10(3)4)19(17-15-11)13(20)18-6-5-14-16-18/h5-6,9-10H,7-8H2,1-4H3. The van der Waals surface area contributed by atoms with Crippen LogP contribution in [0.5, 0.6) is 0 Å². The van der Waals surface area contributed by atoms with Crippen LogP contribution in [0.25, 0.3) is 0 Å². The fourth-order valence-corrected chi connectivity index (χ4v) is 2.03. The molecule has 20 heavy (non-hydrogen) atoms. The number of hydrogen-bond acceptors (Lipinski definition) is 5. The van der Waals surface area contributed by atoms with Crippen LogP contribution in [-0.4, -0.2) is 36.0 Å². The molecular formula is C13H20N6O. The molecule has 0 aromatic carbocycles. The molecule has 0 amide bonds. The Kier molecular flexibility index (Phi) is 4.26. The molecule has 0 unspecified atom stereocenters. The van der Waals surface area contributed by atoms with Gasteiger partial charge in [0.25, 0.3) is 0 Å². The van der Waals surface area contributed by atoms with Gasteiger partial charge in [0.2, 0.25) is 0 Å². The van der Waals surface area contributed by atoms with E-state index in [0.717, 1.165) is 28.9 Å². The summed E-state index contributed by atoms with van der Waals surface area (Å²) < 4.78 is 2.50. The highest BCUT2D eigenvalue weighted by molar-refractivity contribution is 5.77. The van der Waals surface area contributed by atoms with Crippen molar-refractivity contribution < 1.29 is 4.79 Å². The Morgan fingerprint density at radius 1 is 1.15 bits per heavy atom. The van der Waals surface area contributed by atoms with Crippen LogP contribution in [0.2, 0.25) is 0 Å². The van der Waals surface area contributed by atoms with Crippen LogP contribution >= 0.6 is 0 Å². The molecule has 2 heterocycles. The fraction of sp³-hybridized carbons (Fsp3) is 0.615. The number of carbonyl (C=O) groups excluding carboxylic acids is 1. The summed E-state index contributed by atoms with van der Waals surface area (Å²) in [5.74, 6) is 0.884. The minimum Gasteiger partial charge on any atom is -0.243 e. The molecule has 2 rings (SSSR count). The quantitative estimate of drug-likeness (QED) is 0.850. The number of rotatable bonds is 4. The molecule has 0 fully saturated rings. The van der Waals surface area contributed by atoms with Gasteiger partial charge in [-0.25, -0.2) is 4.79 Å². The largest absolute Gasteiger partial charge is 0.372 e. The van der Waals surface area contributed by atoms with E-state index in [1.807, 2.05) is 0 Å². The Bertz CT molecular complexity index is 570. The lowest BCUT2D eigenvalue weighted by Gasteiger charge is -2.09. The van der Waals surface area contributed by atoms with E-state index in [1.165, 1.54) is 17.1 Å². The van der Waals surface area contributed by atoms with Crippen LogP contribution in [0.4, 0.5) is 4.79 Å². The molecule has 7 heteroatoms. The first-order chi connectivity index (χ1) is 9.49. The van der Waals surface area contributed by atoms with E-state index in [2.05, 4.69) is 48.3 Å². The summed E-state index contributed by atoms with van der Waals surface area (Å²) in [6.07, 6.45) is 4.54. The Morgan fingerprint density at radius 2 is 1.85 bits per heavy atom. The maximum absolute atomic E-state index is 12.3. The summed E-state index contributed by atoms with van der Waals surface area (Å²) in [5, 5.41) is 15.5. The zero-order valence-corrected chi connectivity index (χ0v) is 12.3. The predicted molar refractivity (Wildman–Crippen MR) is 73.3 cm³/mol. The van der Waals surface area contributed by atoms with Gasteiger partial charge in [0.05, 0.1) is 23.8 Å². The highest BCUT2D eigenvalue weighted by Crippen LogP contribution is 2.15. The second-order valence-corrected chi connectivity index (χ2v) is 5.72. The van der Waals surface area contributed by atoms with Crippen molar-refractivity contribution in [3.8, 4) is 0 Å². The monoisotopic (exact) mass is 276 g/mol. The Balaban J connectivity index is 2.37.